The molecule has 1 spiro atoms. The second kappa shape index (κ2) is 2.96. The molecule has 0 aromatic carbocycles. The SMILES string of the molecule is O=C1NCCCCC12CC1CCC2O1. The molecular weight excluding hydrogens is 178 g/mol. The van der Waals surface area contributed by atoms with Gasteiger partial charge in [0.1, 0.15) is 0 Å². The van der Waals surface area contributed by atoms with Gasteiger partial charge in [0.25, 0.3) is 0 Å². The molecule has 3 rings (SSSR count). The van der Waals surface area contributed by atoms with Gasteiger partial charge in [-0.25, -0.2) is 0 Å². The summed E-state index contributed by atoms with van der Waals surface area (Å²) in [4.78, 5) is 12.0. The minimum atomic E-state index is -0.139. The Labute approximate surface area is 84.2 Å². The lowest BCUT2D eigenvalue weighted by Crippen LogP contribution is -2.45. The first kappa shape index (κ1) is 8.72. The van der Waals surface area contributed by atoms with Crippen LogP contribution in [-0.2, 0) is 9.53 Å². The highest BCUT2D eigenvalue weighted by atomic mass is 16.5. The van der Waals surface area contributed by atoms with Gasteiger partial charge in [0, 0.05) is 6.54 Å². The fourth-order valence-corrected chi connectivity index (χ4v) is 3.36. The summed E-state index contributed by atoms with van der Waals surface area (Å²) in [6.45, 7) is 0.859. The smallest absolute Gasteiger partial charge is 0.228 e. The van der Waals surface area contributed by atoms with Gasteiger partial charge in [0.05, 0.1) is 17.6 Å². The summed E-state index contributed by atoms with van der Waals surface area (Å²) in [7, 11) is 0. The summed E-state index contributed by atoms with van der Waals surface area (Å²) >= 11 is 0. The van der Waals surface area contributed by atoms with Crippen molar-refractivity contribution in [3.63, 3.8) is 0 Å². The summed E-state index contributed by atoms with van der Waals surface area (Å²) in [5, 5.41) is 3.04. The predicted octanol–water partition coefficient (Wildman–Crippen LogP) is 1.22. The highest BCUT2D eigenvalue weighted by Crippen LogP contribution is 2.51. The van der Waals surface area contributed by atoms with E-state index in [2.05, 4.69) is 5.32 Å². The maximum atomic E-state index is 12.0. The van der Waals surface area contributed by atoms with Gasteiger partial charge >= 0.3 is 0 Å². The summed E-state index contributed by atoms with van der Waals surface area (Å²) in [5.74, 6) is 0.266. The van der Waals surface area contributed by atoms with Gasteiger partial charge in [-0.2, -0.15) is 0 Å². The van der Waals surface area contributed by atoms with E-state index in [-0.39, 0.29) is 17.4 Å². The lowest BCUT2D eigenvalue weighted by Gasteiger charge is -2.32. The van der Waals surface area contributed by atoms with Gasteiger partial charge in [0.2, 0.25) is 5.91 Å². The molecule has 3 saturated heterocycles. The van der Waals surface area contributed by atoms with E-state index in [0.717, 1.165) is 32.2 Å². The van der Waals surface area contributed by atoms with Crippen LogP contribution in [0.2, 0.25) is 0 Å². The Morgan fingerprint density at radius 3 is 3.00 bits per heavy atom. The third-order valence-electron chi connectivity index (χ3n) is 4.10. The van der Waals surface area contributed by atoms with Crippen LogP contribution in [0.1, 0.15) is 38.5 Å². The van der Waals surface area contributed by atoms with Crippen molar-refractivity contribution in [1.82, 2.24) is 5.32 Å². The van der Waals surface area contributed by atoms with Crippen molar-refractivity contribution in [3.8, 4) is 0 Å². The Balaban J connectivity index is 1.89. The van der Waals surface area contributed by atoms with Crippen molar-refractivity contribution in [2.24, 2.45) is 5.41 Å². The quantitative estimate of drug-likeness (QED) is 0.631. The molecule has 3 atom stereocenters. The zero-order valence-electron chi connectivity index (χ0n) is 8.42. The van der Waals surface area contributed by atoms with Gasteiger partial charge in [-0.1, -0.05) is 6.42 Å². The fraction of sp³-hybridized carbons (Fsp3) is 0.909. The van der Waals surface area contributed by atoms with Crippen molar-refractivity contribution in [2.75, 3.05) is 6.54 Å². The molecule has 0 aromatic heterocycles. The topological polar surface area (TPSA) is 38.3 Å². The number of carbonyl (C=O) groups excluding carboxylic acids is 1. The first-order valence-corrected chi connectivity index (χ1v) is 5.75. The first-order valence-electron chi connectivity index (χ1n) is 5.75. The monoisotopic (exact) mass is 195 g/mol. The van der Waals surface area contributed by atoms with Crippen LogP contribution < -0.4 is 5.32 Å². The van der Waals surface area contributed by atoms with E-state index >= 15 is 0 Å². The molecule has 14 heavy (non-hydrogen) atoms. The van der Waals surface area contributed by atoms with Crippen LogP contribution in [0.4, 0.5) is 0 Å². The standard InChI is InChI=1S/C11H17NO2/c13-10-11(5-1-2-6-12-10)7-8-3-4-9(11)14-8/h8-9H,1-7H2,(H,12,13). The fourth-order valence-electron chi connectivity index (χ4n) is 3.36. The minimum Gasteiger partial charge on any atom is -0.374 e. The van der Waals surface area contributed by atoms with Crippen LogP contribution in [0, 0.1) is 5.41 Å². The Bertz CT molecular complexity index is 266. The lowest BCUT2D eigenvalue weighted by molar-refractivity contribution is -0.133. The van der Waals surface area contributed by atoms with E-state index in [1.165, 1.54) is 12.8 Å². The largest absolute Gasteiger partial charge is 0.374 e. The summed E-state index contributed by atoms with van der Waals surface area (Å²) in [6.07, 6.45) is 7.19. The third-order valence-corrected chi connectivity index (χ3v) is 4.10. The molecule has 3 aliphatic rings. The van der Waals surface area contributed by atoms with Crippen LogP contribution >= 0.6 is 0 Å². The summed E-state index contributed by atoms with van der Waals surface area (Å²) < 4.78 is 5.83. The van der Waals surface area contributed by atoms with Crippen molar-refractivity contribution < 1.29 is 9.53 Å². The van der Waals surface area contributed by atoms with Gasteiger partial charge in [-0.15, -0.1) is 0 Å². The zero-order chi connectivity index (χ0) is 9.60. The second-order valence-electron chi connectivity index (χ2n) is 4.90. The molecule has 3 unspecified atom stereocenters. The highest BCUT2D eigenvalue weighted by molar-refractivity contribution is 5.84. The highest BCUT2D eigenvalue weighted by Gasteiger charge is 2.56. The number of ether oxygens (including phenoxy) is 1. The van der Waals surface area contributed by atoms with Crippen LogP contribution in [-0.4, -0.2) is 24.7 Å². The number of carbonyl (C=O) groups is 1. The van der Waals surface area contributed by atoms with Crippen molar-refractivity contribution in [3.05, 3.63) is 0 Å². The number of hydrogen-bond donors (Lipinski definition) is 1. The van der Waals surface area contributed by atoms with E-state index in [0.29, 0.717) is 6.10 Å². The predicted molar refractivity (Wildman–Crippen MR) is 51.8 cm³/mol. The average molecular weight is 195 g/mol. The Morgan fingerprint density at radius 2 is 2.29 bits per heavy atom. The third kappa shape index (κ3) is 1.05. The molecule has 0 aliphatic carbocycles. The number of nitrogens with one attached hydrogen (secondary N) is 1. The van der Waals surface area contributed by atoms with Crippen LogP contribution in [0.15, 0.2) is 0 Å². The molecular formula is C11H17NO2. The molecule has 0 aromatic rings. The molecule has 3 aliphatic heterocycles. The van der Waals surface area contributed by atoms with E-state index in [9.17, 15) is 4.79 Å². The number of rotatable bonds is 0. The summed E-state index contributed by atoms with van der Waals surface area (Å²) in [6, 6.07) is 0. The van der Waals surface area contributed by atoms with Gasteiger partial charge in [0.15, 0.2) is 0 Å². The van der Waals surface area contributed by atoms with E-state index in [1.807, 2.05) is 0 Å². The number of hydrogen-bond acceptors (Lipinski definition) is 2. The molecule has 0 saturated carbocycles. The Morgan fingerprint density at radius 1 is 1.36 bits per heavy atom. The lowest BCUT2D eigenvalue weighted by atomic mass is 9.70. The first-order chi connectivity index (χ1) is 6.81. The van der Waals surface area contributed by atoms with E-state index < -0.39 is 0 Å². The Hall–Kier alpha value is -0.570. The van der Waals surface area contributed by atoms with Gasteiger partial charge < -0.3 is 10.1 Å². The molecule has 3 heteroatoms. The minimum absolute atomic E-state index is 0.139. The molecule has 1 amide bonds. The zero-order valence-corrected chi connectivity index (χ0v) is 8.42. The molecule has 3 heterocycles. The molecule has 3 nitrogen and oxygen atoms in total. The van der Waals surface area contributed by atoms with Gasteiger partial charge in [-0.05, 0) is 32.1 Å². The molecule has 3 fully saturated rings. The van der Waals surface area contributed by atoms with Crippen molar-refractivity contribution in [1.29, 1.82) is 0 Å². The molecule has 2 bridgehead atoms. The maximum Gasteiger partial charge on any atom is 0.228 e. The number of fused-ring (bicyclic) bond motifs is 3. The average Bonchev–Trinajstić information content (AvgIpc) is 2.72. The normalized spacial score (nSPS) is 46.7. The van der Waals surface area contributed by atoms with E-state index in [1.54, 1.807) is 0 Å². The van der Waals surface area contributed by atoms with Crippen LogP contribution in [0.25, 0.3) is 0 Å². The Kier molecular flexibility index (Phi) is 1.84. The van der Waals surface area contributed by atoms with Crippen LogP contribution in [0.5, 0.6) is 0 Å². The second-order valence-corrected chi connectivity index (χ2v) is 4.90. The van der Waals surface area contributed by atoms with E-state index in [4.69, 9.17) is 4.74 Å². The number of amides is 1. The van der Waals surface area contributed by atoms with Crippen LogP contribution in [0.3, 0.4) is 0 Å². The van der Waals surface area contributed by atoms with Gasteiger partial charge in [-0.3, -0.25) is 4.79 Å². The van der Waals surface area contributed by atoms with Crippen molar-refractivity contribution in [2.45, 2.75) is 50.7 Å². The van der Waals surface area contributed by atoms with Crippen molar-refractivity contribution >= 4 is 5.91 Å². The maximum absolute atomic E-state index is 12.0. The summed E-state index contributed by atoms with van der Waals surface area (Å²) in [5.41, 5.74) is -0.139. The molecule has 0 radical (unpaired) electrons. The molecule has 78 valence electrons. The molecule has 1 N–H and O–H groups in total.